The minimum atomic E-state index is -0.484. The van der Waals surface area contributed by atoms with Gasteiger partial charge in [0.2, 0.25) is 0 Å². The second-order valence-corrected chi connectivity index (χ2v) is 12.2. The Kier molecular flexibility index (Phi) is 4.76. The van der Waals surface area contributed by atoms with E-state index < -0.39 is 18.1 Å². The fraction of sp³-hybridized carbons (Fsp3) is 0. The zero-order valence-corrected chi connectivity index (χ0v) is 26.6. The number of fused-ring (bicyclic) bond motifs is 8. The van der Waals surface area contributed by atoms with Gasteiger partial charge in [0.05, 0.1) is 12.3 Å². The molecule has 10 rings (SSSR count). The lowest BCUT2D eigenvalue weighted by molar-refractivity contribution is 0.669. The van der Waals surface area contributed by atoms with E-state index in [2.05, 4.69) is 30.3 Å². The van der Waals surface area contributed by atoms with Crippen molar-refractivity contribution in [3.05, 3.63) is 188 Å². The first kappa shape index (κ1) is 20.7. The van der Waals surface area contributed by atoms with Crippen molar-refractivity contribution in [1.29, 1.82) is 0 Å². The van der Waals surface area contributed by atoms with Crippen molar-refractivity contribution in [2.75, 3.05) is 4.90 Å². The highest BCUT2D eigenvalue weighted by Crippen LogP contribution is 2.40. The fourth-order valence-corrected chi connectivity index (χ4v) is 7.03. The summed E-state index contributed by atoms with van der Waals surface area (Å²) in [4.78, 5) is 1.66. The molecular formula is C48H31NO. The molecule has 50 heavy (non-hydrogen) atoms. The van der Waals surface area contributed by atoms with Crippen LogP contribution in [0.5, 0.6) is 0 Å². The van der Waals surface area contributed by atoms with E-state index in [1.165, 1.54) is 0 Å². The van der Waals surface area contributed by atoms with Crippen molar-refractivity contribution in [2.45, 2.75) is 0 Å². The molecule has 0 saturated heterocycles. The predicted molar refractivity (Wildman–Crippen MR) is 212 cm³/mol. The minimum absolute atomic E-state index is 0.00543. The van der Waals surface area contributed by atoms with Crippen LogP contribution < -0.4 is 4.90 Å². The molecule has 0 fully saturated rings. The first-order chi connectivity index (χ1) is 28.5. The smallest absolute Gasteiger partial charge is 0.136 e. The maximum absolute atomic E-state index is 9.46. The van der Waals surface area contributed by atoms with Crippen LogP contribution in [0, 0.1) is 0 Å². The Morgan fingerprint density at radius 3 is 1.90 bits per heavy atom. The Labute approximate surface area is 302 Å². The van der Waals surface area contributed by atoms with Gasteiger partial charge in [-0.1, -0.05) is 127 Å². The van der Waals surface area contributed by atoms with E-state index in [1.54, 1.807) is 47.4 Å². The predicted octanol–water partition coefficient (Wildman–Crippen LogP) is 13.8. The standard InChI is InChI=1S/C48H31NO/c1-2-11-37(12-3-1)49(39-27-22-33(23-28-39)44-31-36-10-4-5-13-40(36)41-14-6-7-15-42(41)44)38-25-20-32(21-26-38)35-19-18-34-24-29-47-48(45(34)30-35)43-16-8-9-17-46(43)50-47/h1-31H/i1D,2D,3D,11D,12D,16D,24D,29D,30D. The van der Waals surface area contributed by atoms with E-state index in [0.717, 1.165) is 32.7 Å². The Hall–Kier alpha value is -6.64. The lowest BCUT2D eigenvalue weighted by Gasteiger charge is -2.26. The van der Waals surface area contributed by atoms with Crippen molar-refractivity contribution >= 4 is 71.3 Å². The number of hydrogen-bond donors (Lipinski definition) is 0. The Balaban J connectivity index is 1.13. The fourth-order valence-electron chi connectivity index (χ4n) is 7.03. The van der Waals surface area contributed by atoms with E-state index in [4.69, 9.17) is 15.4 Å². The number of anilines is 3. The largest absolute Gasteiger partial charge is 0.456 e. The minimum Gasteiger partial charge on any atom is -0.456 e. The number of para-hydroxylation sites is 2. The number of hydrogen-bond acceptors (Lipinski definition) is 2. The summed E-state index contributed by atoms with van der Waals surface area (Å²) in [6, 6.07) is 40.2. The molecule has 0 unspecified atom stereocenters. The van der Waals surface area contributed by atoms with Gasteiger partial charge < -0.3 is 9.32 Å². The molecule has 0 amide bonds. The summed E-state index contributed by atoms with van der Waals surface area (Å²) in [7, 11) is 0. The van der Waals surface area contributed by atoms with E-state index >= 15 is 0 Å². The molecule has 10 aromatic rings. The molecule has 1 aromatic heterocycles. The molecule has 234 valence electrons. The van der Waals surface area contributed by atoms with Gasteiger partial charge in [0.1, 0.15) is 11.2 Å². The maximum Gasteiger partial charge on any atom is 0.136 e. The summed E-state index contributed by atoms with van der Waals surface area (Å²) < 4.78 is 84.8. The Morgan fingerprint density at radius 2 is 1.10 bits per heavy atom. The molecule has 0 bridgehead atoms. The third-order valence-electron chi connectivity index (χ3n) is 9.36. The van der Waals surface area contributed by atoms with Crippen LogP contribution in [-0.4, -0.2) is 0 Å². The summed E-state index contributed by atoms with van der Waals surface area (Å²) in [5.74, 6) is 0. The van der Waals surface area contributed by atoms with Crippen molar-refractivity contribution in [1.82, 2.24) is 0 Å². The van der Waals surface area contributed by atoms with Crippen LogP contribution in [0.15, 0.2) is 192 Å². The van der Waals surface area contributed by atoms with Crippen LogP contribution >= 0.6 is 0 Å². The second-order valence-electron chi connectivity index (χ2n) is 12.2. The zero-order valence-electron chi connectivity index (χ0n) is 35.6. The zero-order chi connectivity index (χ0) is 40.9. The first-order valence-electron chi connectivity index (χ1n) is 20.9. The highest BCUT2D eigenvalue weighted by atomic mass is 16.3. The summed E-state index contributed by atoms with van der Waals surface area (Å²) in [5.41, 5.74) is 4.87. The van der Waals surface area contributed by atoms with Gasteiger partial charge in [0.25, 0.3) is 0 Å². The highest BCUT2D eigenvalue weighted by molar-refractivity contribution is 6.19. The third kappa shape index (κ3) is 4.65. The summed E-state index contributed by atoms with van der Waals surface area (Å²) in [6.07, 6.45) is 0. The van der Waals surface area contributed by atoms with Gasteiger partial charge in [-0.2, -0.15) is 0 Å². The molecule has 9 aromatic carbocycles. The van der Waals surface area contributed by atoms with Crippen LogP contribution in [0.25, 0.3) is 76.5 Å². The quantitative estimate of drug-likeness (QED) is 0.173. The van der Waals surface area contributed by atoms with Crippen LogP contribution in [0.4, 0.5) is 17.1 Å². The van der Waals surface area contributed by atoms with Crippen molar-refractivity contribution in [2.24, 2.45) is 0 Å². The monoisotopic (exact) mass is 646 g/mol. The van der Waals surface area contributed by atoms with Crippen molar-refractivity contribution < 1.29 is 16.8 Å². The molecule has 0 atom stereocenters. The number of benzene rings is 9. The Bertz CT molecular complexity index is 3350. The van der Waals surface area contributed by atoms with Gasteiger partial charge in [-0.3, -0.25) is 0 Å². The van der Waals surface area contributed by atoms with Crippen LogP contribution in [0.3, 0.4) is 0 Å². The molecule has 0 radical (unpaired) electrons. The van der Waals surface area contributed by atoms with Gasteiger partial charge in [-0.25, -0.2) is 0 Å². The van der Waals surface area contributed by atoms with Gasteiger partial charge in [-0.15, -0.1) is 0 Å². The van der Waals surface area contributed by atoms with E-state index in [9.17, 15) is 1.37 Å². The van der Waals surface area contributed by atoms with Crippen molar-refractivity contribution in [3.8, 4) is 22.3 Å². The van der Waals surface area contributed by atoms with Gasteiger partial charge >= 0.3 is 0 Å². The van der Waals surface area contributed by atoms with Gasteiger partial charge in [0.15, 0.2) is 0 Å². The van der Waals surface area contributed by atoms with Crippen LogP contribution in [0.1, 0.15) is 12.3 Å². The van der Waals surface area contributed by atoms with Crippen LogP contribution in [0.2, 0.25) is 0 Å². The molecule has 0 aliphatic carbocycles. The molecule has 0 aliphatic heterocycles. The lowest BCUT2D eigenvalue weighted by atomic mass is 9.93. The average Bonchev–Trinajstić information content (AvgIpc) is 3.66. The molecule has 1 heterocycles. The molecule has 0 aliphatic rings. The van der Waals surface area contributed by atoms with E-state index in [0.29, 0.717) is 49.6 Å². The molecule has 2 heteroatoms. The molecule has 2 nitrogen and oxygen atoms in total. The lowest BCUT2D eigenvalue weighted by Crippen LogP contribution is -2.09. The van der Waals surface area contributed by atoms with E-state index in [-0.39, 0.29) is 47.5 Å². The van der Waals surface area contributed by atoms with Gasteiger partial charge in [-0.05, 0) is 115 Å². The Morgan fingerprint density at radius 1 is 0.420 bits per heavy atom. The molecular weight excluding hydrogens is 607 g/mol. The first-order valence-corrected chi connectivity index (χ1v) is 16.4. The summed E-state index contributed by atoms with van der Waals surface area (Å²) in [5, 5.41) is 6.27. The summed E-state index contributed by atoms with van der Waals surface area (Å²) in [6.45, 7) is 0. The third-order valence-corrected chi connectivity index (χ3v) is 9.36. The van der Waals surface area contributed by atoms with E-state index in [1.807, 2.05) is 60.7 Å². The summed E-state index contributed by atoms with van der Waals surface area (Å²) >= 11 is 0. The van der Waals surface area contributed by atoms with Gasteiger partial charge in [0, 0.05) is 27.8 Å². The van der Waals surface area contributed by atoms with Crippen LogP contribution in [-0.2, 0) is 0 Å². The molecule has 0 saturated carbocycles. The molecule has 0 spiro atoms. The number of nitrogens with zero attached hydrogens (tertiary/aromatic N) is 1. The molecule has 0 N–H and O–H groups in total. The SMILES string of the molecule is [2H]c1c([2H])c([2H])c(N(c2ccc(-c3ccc4c([2H])c([2H])c5oc6cccc([2H])c6c5c4c3[2H])cc2)c2ccc(-c3cc4ccccc4c4ccccc34)cc2)c([2H])c1[2H]. The topological polar surface area (TPSA) is 16.4 Å². The number of furan rings is 1. The normalized spacial score (nSPS) is 14.1. The maximum atomic E-state index is 9.46. The second kappa shape index (κ2) is 11.5. The average molecular weight is 647 g/mol. The van der Waals surface area contributed by atoms with Crippen molar-refractivity contribution in [3.63, 3.8) is 0 Å². The number of rotatable bonds is 5. The highest BCUT2D eigenvalue weighted by Gasteiger charge is 2.15.